The Balaban J connectivity index is 2.25. The predicted molar refractivity (Wildman–Crippen MR) is 72.5 cm³/mol. The summed E-state index contributed by atoms with van der Waals surface area (Å²) in [6, 6.07) is 4.81. The van der Waals surface area contributed by atoms with Crippen LogP contribution < -0.4 is 10.6 Å². The van der Waals surface area contributed by atoms with Crippen LogP contribution in [-0.4, -0.2) is 30.1 Å². The van der Waals surface area contributed by atoms with Crippen LogP contribution in [0.3, 0.4) is 0 Å². The standard InChI is InChI=1S/C13H15ClN2O3/c1-13(12(18)19)4-5-16(7-13)10-3-2-8(11(15)17)6-9(10)14/h2-3,6H,4-5,7H2,1H3,(H2,15,17)(H,18,19). The second kappa shape index (κ2) is 4.74. The van der Waals surface area contributed by atoms with Crippen molar-refractivity contribution in [3.8, 4) is 0 Å². The number of carboxylic acids is 1. The number of amides is 1. The molecule has 19 heavy (non-hydrogen) atoms. The molecule has 0 radical (unpaired) electrons. The molecular formula is C13H15ClN2O3. The van der Waals surface area contributed by atoms with Crippen LogP contribution in [0.15, 0.2) is 18.2 Å². The molecule has 1 aliphatic heterocycles. The lowest BCUT2D eigenvalue weighted by molar-refractivity contribution is -0.146. The molecule has 1 aromatic carbocycles. The third-order valence-corrected chi connectivity index (χ3v) is 3.87. The van der Waals surface area contributed by atoms with Crippen molar-refractivity contribution >= 4 is 29.2 Å². The number of hydrogen-bond donors (Lipinski definition) is 2. The van der Waals surface area contributed by atoms with Crippen LogP contribution in [0.5, 0.6) is 0 Å². The Morgan fingerprint density at radius 2 is 2.16 bits per heavy atom. The van der Waals surface area contributed by atoms with Gasteiger partial charge in [0.1, 0.15) is 0 Å². The van der Waals surface area contributed by atoms with Crippen molar-refractivity contribution in [3.05, 3.63) is 28.8 Å². The molecule has 1 atom stereocenters. The Hall–Kier alpha value is -1.75. The largest absolute Gasteiger partial charge is 0.481 e. The van der Waals surface area contributed by atoms with Gasteiger partial charge in [0.2, 0.25) is 5.91 Å². The predicted octanol–water partition coefficient (Wildman–Crippen LogP) is 1.74. The zero-order valence-electron chi connectivity index (χ0n) is 10.5. The second-order valence-corrected chi connectivity index (χ2v) is 5.48. The topological polar surface area (TPSA) is 83.6 Å². The van der Waals surface area contributed by atoms with E-state index in [0.29, 0.717) is 30.1 Å². The highest BCUT2D eigenvalue weighted by Crippen LogP contribution is 2.36. The minimum absolute atomic E-state index is 0.342. The quantitative estimate of drug-likeness (QED) is 0.884. The number of carbonyl (C=O) groups excluding carboxylic acids is 1. The van der Waals surface area contributed by atoms with Gasteiger partial charge in [-0.05, 0) is 31.5 Å². The Kier molecular flexibility index (Phi) is 3.41. The molecule has 1 fully saturated rings. The number of primary amides is 1. The molecule has 1 aliphatic rings. The van der Waals surface area contributed by atoms with E-state index < -0.39 is 17.3 Å². The minimum atomic E-state index is -0.806. The highest BCUT2D eigenvalue weighted by Gasteiger charge is 2.40. The smallest absolute Gasteiger partial charge is 0.311 e. The average molecular weight is 283 g/mol. The fourth-order valence-corrected chi connectivity index (χ4v) is 2.56. The highest BCUT2D eigenvalue weighted by atomic mass is 35.5. The first kappa shape index (κ1) is 13.7. The summed E-state index contributed by atoms with van der Waals surface area (Å²) in [5, 5.41) is 9.61. The van der Waals surface area contributed by atoms with Gasteiger partial charge in [0, 0.05) is 18.7 Å². The number of halogens is 1. The lowest BCUT2D eigenvalue weighted by Crippen LogP contribution is -2.31. The molecule has 2 rings (SSSR count). The number of carbonyl (C=O) groups is 2. The van der Waals surface area contributed by atoms with Gasteiger partial charge in [-0.1, -0.05) is 11.6 Å². The molecule has 0 aliphatic carbocycles. The van der Waals surface area contributed by atoms with Crippen molar-refractivity contribution in [1.82, 2.24) is 0 Å². The van der Waals surface area contributed by atoms with E-state index in [9.17, 15) is 14.7 Å². The van der Waals surface area contributed by atoms with Gasteiger partial charge in [0.15, 0.2) is 0 Å². The summed E-state index contributed by atoms with van der Waals surface area (Å²) in [6.45, 7) is 2.75. The molecule has 0 spiro atoms. The minimum Gasteiger partial charge on any atom is -0.481 e. The van der Waals surface area contributed by atoms with Gasteiger partial charge in [-0.15, -0.1) is 0 Å². The fraction of sp³-hybridized carbons (Fsp3) is 0.385. The van der Waals surface area contributed by atoms with Gasteiger partial charge in [0.05, 0.1) is 16.1 Å². The van der Waals surface area contributed by atoms with E-state index >= 15 is 0 Å². The molecule has 1 saturated heterocycles. The van der Waals surface area contributed by atoms with Crippen molar-refractivity contribution in [3.63, 3.8) is 0 Å². The first-order valence-electron chi connectivity index (χ1n) is 5.91. The number of anilines is 1. The average Bonchev–Trinajstić information content (AvgIpc) is 2.73. The van der Waals surface area contributed by atoms with Crippen LogP contribution >= 0.6 is 11.6 Å². The summed E-state index contributed by atoms with van der Waals surface area (Å²) in [7, 11) is 0. The molecule has 0 aromatic heterocycles. The maximum Gasteiger partial charge on any atom is 0.311 e. The van der Waals surface area contributed by atoms with Gasteiger partial charge >= 0.3 is 5.97 Å². The van der Waals surface area contributed by atoms with Crippen molar-refractivity contribution in [1.29, 1.82) is 0 Å². The molecule has 1 heterocycles. The monoisotopic (exact) mass is 282 g/mol. The van der Waals surface area contributed by atoms with E-state index in [1.54, 1.807) is 19.1 Å². The fourth-order valence-electron chi connectivity index (χ4n) is 2.26. The van der Waals surface area contributed by atoms with Gasteiger partial charge in [-0.25, -0.2) is 0 Å². The second-order valence-electron chi connectivity index (χ2n) is 5.07. The number of rotatable bonds is 3. The number of nitrogens with zero attached hydrogens (tertiary/aromatic N) is 1. The lowest BCUT2D eigenvalue weighted by Gasteiger charge is -2.22. The number of carboxylic acid groups (broad SMARTS) is 1. The Morgan fingerprint density at radius 1 is 1.47 bits per heavy atom. The number of benzene rings is 1. The summed E-state index contributed by atoms with van der Waals surface area (Å²) < 4.78 is 0. The van der Waals surface area contributed by atoms with Crippen molar-refractivity contribution < 1.29 is 14.7 Å². The summed E-state index contributed by atoms with van der Waals surface area (Å²) >= 11 is 6.13. The molecule has 0 saturated carbocycles. The summed E-state index contributed by atoms with van der Waals surface area (Å²) in [5.74, 6) is -1.34. The van der Waals surface area contributed by atoms with Crippen molar-refractivity contribution in [2.75, 3.05) is 18.0 Å². The molecule has 102 valence electrons. The van der Waals surface area contributed by atoms with E-state index in [4.69, 9.17) is 17.3 Å². The molecule has 5 nitrogen and oxygen atoms in total. The van der Waals surface area contributed by atoms with Gasteiger partial charge in [0.25, 0.3) is 0 Å². The Morgan fingerprint density at radius 3 is 2.63 bits per heavy atom. The third kappa shape index (κ3) is 2.51. The van der Waals surface area contributed by atoms with Crippen molar-refractivity contribution in [2.45, 2.75) is 13.3 Å². The Labute approximate surface area is 116 Å². The van der Waals surface area contributed by atoms with E-state index in [1.165, 1.54) is 6.07 Å². The van der Waals surface area contributed by atoms with Crippen LogP contribution in [0, 0.1) is 5.41 Å². The van der Waals surface area contributed by atoms with Gasteiger partial charge < -0.3 is 15.7 Å². The van der Waals surface area contributed by atoms with Crippen LogP contribution in [0.25, 0.3) is 0 Å². The molecule has 3 N–H and O–H groups in total. The Bertz CT molecular complexity index is 547. The van der Waals surface area contributed by atoms with E-state index in [-0.39, 0.29) is 0 Å². The number of nitrogens with two attached hydrogens (primary N) is 1. The summed E-state index contributed by atoms with van der Waals surface area (Å²) in [5.41, 5.74) is 5.50. The van der Waals surface area contributed by atoms with E-state index in [0.717, 1.165) is 5.69 Å². The number of hydrogen-bond acceptors (Lipinski definition) is 3. The van der Waals surface area contributed by atoms with Crippen LogP contribution in [0.4, 0.5) is 5.69 Å². The van der Waals surface area contributed by atoms with Crippen LogP contribution in [-0.2, 0) is 4.79 Å². The zero-order chi connectivity index (χ0) is 14.2. The maximum absolute atomic E-state index is 11.2. The molecule has 0 bridgehead atoms. The van der Waals surface area contributed by atoms with Gasteiger partial charge in [-0.3, -0.25) is 9.59 Å². The van der Waals surface area contributed by atoms with Crippen molar-refractivity contribution in [2.24, 2.45) is 11.1 Å². The van der Waals surface area contributed by atoms with Gasteiger partial charge in [-0.2, -0.15) is 0 Å². The molecule has 1 unspecified atom stereocenters. The first-order chi connectivity index (χ1) is 8.83. The molecule has 1 amide bonds. The molecular weight excluding hydrogens is 268 g/mol. The molecule has 1 aromatic rings. The third-order valence-electron chi connectivity index (χ3n) is 3.56. The van der Waals surface area contributed by atoms with Crippen LogP contribution in [0.1, 0.15) is 23.7 Å². The molecule has 6 heteroatoms. The highest BCUT2D eigenvalue weighted by molar-refractivity contribution is 6.33. The SMILES string of the molecule is CC1(C(=O)O)CCN(c2ccc(C(N)=O)cc2Cl)C1. The first-order valence-corrected chi connectivity index (χ1v) is 6.29. The zero-order valence-corrected chi connectivity index (χ0v) is 11.3. The lowest BCUT2D eigenvalue weighted by atomic mass is 9.90. The van der Waals surface area contributed by atoms with E-state index in [2.05, 4.69) is 0 Å². The maximum atomic E-state index is 11.2. The summed E-state index contributed by atoms with van der Waals surface area (Å²) in [4.78, 5) is 24.2. The normalized spacial score (nSPS) is 22.5. The van der Waals surface area contributed by atoms with E-state index in [1.807, 2.05) is 4.90 Å². The number of aliphatic carboxylic acids is 1. The summed E-state index contributed by atoms with van der Waals surface area (Å²) in [6.07, 6.45) is 0.566. The van der Waals surface area contributed by atoms with Crippen LogP contribution in [0.2, 0.25) is 5.02 Å².